The van der Waals surface area contributed by atoms with Gasteiger partial charge in [0.2, 0.25) is 5.75 Å². The lowest BCUT2D eigenvalue weighted by Crippen LogP contribution is -2.28. The van der Waals surface area contributed by atoms with Crippen LogP contribution >= 0.6 is 11.6 Å². The van der Waals surface area contributed by atoms with Crippen LogP contribution in [-0.2, 0) is 12.7 Å². The molecule has 2 heterocycles. The molecule has 0 fully saturated rings. The van der Waals surface area contributed by atoms with E-state index in [1.54, 1.807) is 6.07 Å². The Balaban J connectivity index is 2.11. The van der Waals surface area contributed by atoms with Crippen molar-refractivity contribution in [2.45, 2.75) is 12.7 Å². The highest BCUT2D eigenvalue weighted by atomic mass is 35.5. The molecule has 9 nitrogen and oxygen atoms in total. The first kappa shape index (κ1) is 20.9. The summed E-state index contributed by atoms with van der Waals surface area (Å²) in [6.07, 6.45) is -3.47. The molecule has 0 atom stereocenters. The van der Waals surface area contributed by atoms with Crippen molar-refractivity contribution in [2.75, 3.05) is 0 Å². The molecular weight excluding hydrogens is 431 g/mol. The molecule has 0 amide bonds. The minimum Gasteiger partial charge on any atom is -0.480 e. The normalized spacial score (nSPS) is 11.2. The van der Waals surface area contributed by atoms with Crippen molar-refractivity contribution in [3.63, 3.8) is 0 Å². The van der Waals surface area contributed by atoms with Crippen molar-refractivity contribution >= 4 is 11.6 Å². The van der Waals surface area contributed by atoms with Crippen LogP contribution in [0, 0.1) is 11.3 Å². The third-order valence-electron chi connectivity index (χ3n) is 3.69. The highest BCUT2D eigenvalue weighted by molar-refractivity contribution is 6.30. The van der Waals surface area contributed by atoms with Crippen molar-refractivity contribution in [1.82, 2.24) is 19.5 Å². The average Bonchev–Trinajstić information content (AvgIpc) is 2.65. The number of nitriles is 1. The van der Waals surface area contributed by atoms with Gasteiger partial charge in [-0.3, -0.25) is 19.1 Å². The summed E-state index contributed by atoms with van der Waals surface area (Å²) < 4.78 is 45.9. The summed E-state index contributed by atoms with van der Waals surface area (Å²) in [5.41, 5.74) is -3.78. The third kappa shape index (κ3) is 4.41. The molecule has 2 N–H and O–H groups in total. The summed E-state index contributed by atoms with van der Waals surface area (Å²) in [7, 11) is 0. The van der Waals surface area contributed by atoms with Gasteiger partial charge in [-0.05, 0) is 18.2 Å². The molecule has 0 aliphatic carbocycles. The molecule has 3 aromatic rings. The Morgan fingerprint density at radius 1 is 1.27 bits per heavy atom. The fourth-order valence-electron chi connectivity index (χ4n) is 2.39. The van der Waals surface area contributed by atoms with Crippen molar-refractivity contribution in [1.29, 1.82) is 5.26 Å². The predicted octanol–water partition coefficient (Wildman–Crippen LogP) is 2.42. The molecule has 0 saturated carbocycles. The smallest absolute Gasteiger partial charge is 0.437 e. The second kappa shape index (κ2) is 7.88. The Morgan fingerprint density at radius 3 is 2.63 bits per heavy atom. The lowest BCUT2D eigenvalue weighted by atomic mass is 10.2. The van der Waals surface area contributed by atoms with Crippen LogP contribution in [0.25, 0.3) is 0 Å². The molecule has 1 aromatic carbocycles. The Labute approximate surface area is 169 Å². The molecule has 2 aromatic heterocycles. The van der Waals surface area contributed by atoms with E-state index in [0.29, 0.717) is 10.9 Å². The van der Waals surface area contributed by atoms with E-state index in [1.165, 1.54) is 6.07 Å². The summed E-state index contributed by atoms with van der Waals surface area (Å²) in [4.78, 5) is 33.2. The monoisotopic (exact) mass is 439 g/mol. The molecule has 0 unspecified atom stereocenters. The number of benzene rings is 1. The van der Waals surface area contributed by atoms with E-state index in [2.05, 4.69) is 9.97 Å². The molecular formula is C17H9ClF3N5O4. The van der Waals surface area contributed by atoms with Crippen molar-refractivity contribution in [3.8, 4) is 23.6 Å². The van der Waals surface area contributed by atoms with E-state index < -0.39 is 41.3 Å². The van der Waals surface area contributed by atoms with Crippen LogP contribution in [0.3, 0.4) is 0 Å². The van der Waals surface area contributed by atoms with Gasteiger partial charge < -0.3 is 9.84 Å². The van der Waals surface area contributed by atoms with E-state index in [4.69, 9.17) is 26.7 Å². The largest absolute Gasteiger partial charge is 0.480 e. The third-order valence-corrected chi connectivity index (χ3v) is 3.90. The molecule has 154 valence electrons. The SMILES string of the molecule is N#Cc1cc(Cl)cc(Oc2c(C(F)(F)F)ncn(Cc3cnc(O)[nH]c3=O)c2=O)c1. The second-order valence-electron chi connectivity index (χ2n) is 5.80. The highest BCUT2D eigenvalue weighted by Crippen LogP contribution is 2.35. The lowest BCUT2D eigenvalue weighted by molar-refractivity contribution is -0.142. The summed E-state index contributed by atoms with van der Waals surface area (Å²) in [5, 5.41) is 18.1. The topological polar surface area (TPSA) is 134 Å². The van der Waals surface area contributed by atoms with Crippen LogP contribution in [0.15, 0.2) is 40.3 Å². The minimum atomic E-state index is -5.03. The number of alkyl halides is 3. The number of aromatic hydroxyl groups is 1. The minimum absolute atomic E-state index is 0.00280. The van der Waals surface area contributed by atoms with Crippen molar-refractivity contribution < 1.29 is 23.0 Å². The van der Waals surface area contributed by atoms with E-state index in [1.807, 2.05) is 4.98 Å². The molecule has 3 rings (SSSR count). The van der Waals surface area contributed by atoms with Gasteiger partial charge in [-0.1, -0.05) is 11.6 Å². The second-order valence-corrected chi connectivity index (χ2v) is 6.24. The zero-order chi connectivity index (χ0) is 22.1. The van der Waals surface area contributed by atoms with Crippen LogP contribution in [0.5, 0.6) is 17.5 Å². The van der Waals surface area contributed by atoms with Gasteiger partial charge in [-0.25, -0.2) is 9.97 Å². The zero-order valence-electron chi connectivity index (χ0n) is 14.6. The standard InChI is InChI=1S/C17H9ClF3N5O4/c18-10-1-8(4-22)2-11(3-10)30-12-13(17(19,20)21)24-7-26(15(12)28)6-9-5-23-16(29)25-14(9)27/h1-3,5,7H,6H2,(H2,23,25,27,29). The fraction of sp³-hybridized carbons (Fsp3) is 0.118. The van der Waals surface area contributed by atoms with Gasteiger partial charge in [0, 0.05) is 11.2 Å². The maximum Gasteiger partial charge on any atom is 0.437 e. The van der Waals surface area contributed by atoms with Gasteiger partial charge in [-0.2, -0.15) is 18.4 Å². The van der Waals surface area contributed by atoms with Gasteiger partial charge >= 0.3 is 6.18 Å². The van der Waals surface area contributed by atoms with Crippen molar-refractivity contribution in [2.24, 2.45) is 0 Å². The Hall–Kier alpha value is -3.85. The number of halogens is 4. The van der Waals surface area contributed by atoms with Crippen LogP contribution < -0.4 is 15.9 Å². The number of nitrogens with zero attached hydrogens (tertiary/aromatic N) is 4. The first-order valence-electron chi connectivity index (χ1n) is 7.91. The number of aromatic nitrogens is 4. The van der Waals surface area contributed by atoms with E-state index >= 15 is 0 Å². The first-order valence-corrected chi connectivity index (χ1v) is 8.28. The average molecular weight is 440 g/mol. The van der Waals surface area contributed by atoms with E-state index in [0.717, 1.165) is 18.3 Å². The number of nitrogens with one attached hydrogen (secondary N) is 1. The number of aromatic amines is 1. The van der Waals surface area contributed by atoms with Crippen molar-refractivity contribution in [3.05, 3.63) is 73.3 Å². The van der Waals surface area contributed by atoms with Crippen LogP contribution in [0.2, 0.25) is 5.02 Å². The van der Waals surface area contributed by atoms with E-state index in [-0.39, 0.29) is 21.9 Å². The van der Waals surface area contributed by atoms with Crippen LogP contribution in [0.4, 0.5) is 13.2 Å². The van der Waals surface area contributed by atoms with E-state index in [9.17, 15) is 22.8 Å². The maximum absolute atomic E-state index is 13.4. The van der Waals surface area contributed by atoms with Gasteiger partial charge in [0.15, 0.2) is 5.69 Å². The maximum atomic E-state index is 13.4. The number of rotatable bonds is 4. The molecule has 0 bridgehead atoms. The Bertz CT molecular complexity index is 1280. The molecule has 30 heavy (non-hydrogen) atoms. The highest BCUT2D eigenvalue weighted by Gasteiger charge is 2.38. The lowest BCUT2D eigenvalue weighted by Gasteiger charge is -2.14. The van der Waals surface area contributed by atoms with Gasteiger partial charge in [0.25, 0.3) is 17.1 Å². The Kier molecular flexibility index (Phi) is 5.48. The molecule has 0 saturated heterocycles. The predicted molar refractivity (Wildman–Crippen MR) is 95.4 cm³/mol. The summed E-state index contributed by atoms with van der Waals surface area (Å²) >= 11 is 5.82. The number of H-pyrrole nitrogens is 1. The van der Waals surface area contributed by atoms with Gasteiger partial charge in [0.05, 0.1) is 30.1 Å². The molecule has 0 aliphatic rings. The van der Waals surface area contributed by atoms with Crippen LogP contribution in [0.1, 0.15) is 16.8 Å². The Morgan fingerprint density at radius 2 is 2.00 bits per heavy atom. The van der Waals surface area contributed by atoms with Gasteiger partial charge in [0.1, 0.15) is 5.75 Å². The molecule has 0 radical (unpaired) electrons. The quantitative estimate of drug-likeness (QED) is 0.637. The number of hydrogen-bond donors (Lipinski definition) is 2. The fourth-order valence-corrected chi connectivity index (χ4v) is 2.61. The number of ether oxygens (including phenoxy) is 1. The summed E-state index contributed by atoms with van der Waals surface area (Å²) in [6, 6.07) is 4.56. The zero-order valence-corrected chi connectivity index (χ0v) is 15.3. The molecule has 13 heteroatoms. The molecule has 0 aliphatic heterocycles. The number of hydrogen-bond acceptors (Lipinski definition) is 7. The van der Waals surface area contributed by atoms with Crippen LogP contribution in [-0.4, -0.2) is 24.6 Å². The molecule has 0 spiro atoms. The van der Waals surface area contributed by atoms with Gasteiger partial charge in [-0.15, -0.1) is 0 Å². The summed E-state index contributed by atoms with van der Waals surface area (Å²) in [5.74, 6) is -1.45. The first-order chi connectivity index (χ1) is 14.1. The summed E-state index contributed by atoms with van der Waals surface area (Å²) in [6.45, 7) is -0.498.